The summed E-state index contributed by atoms with van der Waals surface area (Å²) in [7, 11) is 0. The van der Waals surface area contributed by atoms with E-state index in [9.17, 15) is 0 Å². The summed E-state index contributed by atoms with van der Waals surface area (Å²) < 4.78 is 0. The predicted molar refractivity (Wildman–Crippen MR) is 134 cm³/mol. The molecule has 34 heavy (non-hydrogen) atoms. The number of benzene rings is 1. The van der Waals surface area contributed by atoms with Crippen molar-refractivity contribution in [1.82, 2.24) is 20.3 Å². The molecule has 5 rings (SSSR count). The van der Waals surface area contributed by atoms with Gasteiger partial charge in [-0.15, -0.1) is 0 Å². The molecule has 2 aliphatic rings. The lowest BCUT2D eigenvalue weighted by molar-refractivity contribution is 0.293. The van der Waals surface area contributed by atoms with Crippen LogP contribution in [0.1, 0.15) is 44.2 Å². The fraction of sp³-hybridized carbons (Fsp3) is 0.407. The molecular formula is C27H31N7. The lowest BCUT2D eigenvalue weighted by atomic mass is 9.89. The van der Waals surface area contributed by atoms with Crippen LogP contribution in [-0.2, 0) is 0 Å². The second-order valence-corrected chi connectivity index (χ2v) is 9.24. The SMILES string of the molecule is N#Cc1ccc(N2CCC[C@H](N[C@@H]3CCCC[C@H]3Nc3nccc(-c4ccccc4)n3)C2)cn1. The first-order valence-corrected chi connectivity index (χ1v) is 12.3. The zero-order valence-corrected chi connectivity index (χ0v) is 19.4. The van der Waals surface area contributed by atoms with Gasteiger partial charge in [0.15, 0.2) is 0 Å². The van der Waals surface area contributed by atoms with Gasteiger partial charge in [-0.1, -0.05) is 43.2 Å². The normalized spacial score (nSPS) is 22.7. The van der Waals surface area contributed by atoms with Gasteiger partial charge in [0.05, 0.1) is 17.6 Å². The molecule has 3 aromatic rings. The minimum atomic E-state index is 0.312. The average Bonchev–Trinajstić information content (AvgIpc) is 2.91. The molecule has 0 amide bonds. The summed E-state index contributed by atoms with van der Waals surface area (Å²) in [5.41, 5.74) is 3.60. The molecule has 2 aromatic heterocycles. The van der Waals surface area contributed by atoms with E-state index in [4.69, 9.17) is 10.2 Å². The topological polar surface area (TPSA) is 89.8 Å². The van der Waals surface area contributed by atoms with Gasteiger partial charge in [-0.2, -0.15) is 5.26 Å². The molecule has 0 bridgehead atoms. The number of piperidine rings is 1. The van der Waals surface area contributed by atoms with Crippen molar-refractivity contribution in [1.29, 1.82) is 5.26 Å². The third-order valence-corrected chi connectivity index (χ3v) is 6.90. The molecule has 1 aliphatic carbocycles. The number of anilines is 2. The lowest BCUT2D eigenvalue weighted by Crippen LogP contribution is -2.55. The molecule has 1 aliphatic heterocycles. The van der Waals surface area contributed by atoms with Gasteiger partial charge in [-0.05, 0) is 43.9 Å². The van der Waals surface area contributed by atoms with E-state index in [-0.39, 0.29) is 0 Å². The van der Waals surface area contributed by atoms with Gasteiger partial charge in [-0.25, -0.2) is 15.0 Å². The van der Waals surface area contributed by atoms with Crippen LogP contribution in [0, 0.1) is 11.3 Å². The highest BCUT2D eigenvalue weighted by Gasteiger charge is 2.29. The van der Waals surface area contributed by atoms with Crippen molar-refractivity contribution >= 4 is 11.6 Å². The van der Waals surface area contributed by atoms with Gasteiger partial charge in [-0.3, -0.25) is 0 Å². The largest absolute Gasteiger partial charge is 0.369 e. The van der Waals surface area contributed by atoms with Gasteiger partial charge >= 0.3 is 0 Å². The van der Waals surface area contributed by atoms with Crippen LogP contribution < -0.4 is 15.5 Å². The minimum absolute atomic E-state index is 0.312. The predicted octanol–water partition coefficient (Wildman–Crippen LogP) is 4.39. The highest BCUT2D eigenvalue weighted by Crippen LogP contribution is 2.25. The zero-order chi connectivity index (χ0) is 23.2. The standard InChI is InChI=1S/C27H31N7/c28-17-21-12-13-23(18-30-21)34-16-6-9-22(19-34)31-25-10-4-5-11-26(25)33-27-29-15-14-24(32-27)20-7-2-1-3-8-20/h1-3,7-8,12-15,18,22,25-26,31H,4-6,9-11,16,19H2,(H,29,32,33)/t22-,25+,26+/m0/s1. The number of nitrogens with one attached hydrogen (secondary N) is 2. The number of nitriles is 1. The quantitative estimate of drug-likeness (QED) is 0.572. The molecule has 3 atom stereocenters. The van der Waals surface area contributed by atoms with Crippen molar-refractivity contribution in [3.05, 3.63) is 66.6 Å². The molecule has 0 spiro atoms. The summed E-state index contributed by atoms with van der Waals surface area (Å²) in [5, 5.41) is 16.6. The Balaban J connectivity index is 1.24. The monoisotopic (exact) mass is 453 g/mol. The van der Waals surface area contributed by atoms with E-state index in [1.807, 2.05) is 42.7 Å². The van der Waals surface area contributed by atoms with E-state index in [1.54, 1.807) is 6.07 Å². The summed E-state index contributed by atoms with van der Waals surface area (Å²) >= 11 is 0. The molecule has 1 saturated heterocycles. The highest BCUT2D eigenvalue weighted by molar-refractivity contribution is 5.59. The Bertz CT molecular complexity index is 1110. The highest BCUT2D eigenvalue weighted by atomic mass is 15.2. The maximum absolute atomic E-state index is 9.02. The second-order valence-electron chi connectivity index (χ2n) is 9.24. The van der Waals surface area contributed by atoms with Crippen LogP contribution in [0.15, 0.2) is 60.9 Å². The van der Waals surface area contributed by atoms with Crippen molar-refractivity contribution < 1.29 is 0 Å². The summed E-state index contributed by atoms with van der Waals surface area (Å²) in [5.74, 6) is 0.703. The van der Waals surface area contributed by atoms with Crippen LogP contribution in [0.3, 0.4) is 0 Å². The van der Waals surface area contributed by atoms with Crippen LogP contribution in [-0.4, -0.2) is 46.2 Å². The lowest BCUT2D eigenvalue weighted by Gasteiger charge is -2.40. The van der Waals surface area contributed by atoms with Gasteiger partial charge in [0.25, 0.3) is 0 Å². The fourth-order valence-corrected chi connectivity index (χ4v) is 5.16. The third-order valence-electron chi connectivity index (χ3n) is 6.90. The summed E-state index contributed by atoms with van der Waals surface area (Å²) in [6, 6.07) is 19.2. The summed E-state index contributed by atoms with van der Waals surface area (Å²) in [4.78, 5) is 15.9. The number of pyridine rings is 1. The molecule has 7 nitrogen and oxygen atoms in total. The molecular weight excluding hydrogens is 422 g/mol. The first-order valence-electron chi connectivity index (χ1n) is 12.3. The van der Waals surface area contributed by atoms with E-state index < -0.39 is 0 Å². The Morgan fingerprint density at radius 3 is 2.56 bits per heavy atom. The van der Waals surface area contributed by atoms with Crippen LogP contribution in [0.4, 0.5) is 11.6 Å². The van der Waals surface area contributed by atoms with Gasteiger partial charge in [0, 0.05) is 43.0 Å². The fourth-order valence-electron chi connectivity index (χ4n) is 5.16. The van der Waals surface area contributed by atoms with Crippen LogP contribution in [0.25, 0.3) is 11.3 Å². The molecule has 174 valence electrons. The number of rotatable bonds is 6. The molecule has 2 fully saturated rings. The Labute approximate surface area is 201 Å². The van der Waals surface area contributed by atoms with E-state index >= 15 is 0 Å². The number of nitrogens with zero attached hydrogens (tertiary/aromatic N) is 5. The second kappa shape index (κ2) is 10.6. The molecule has 0 unspecified atom stereocenters. The smallest absolute Gasteiger partial charge is 0.223 e. The van der Waals surface area contributed by atoms with E-state index in [1.165, 1.54) is 19.3 Å². The van der Waals surface area contributed by atoms with Crippen molar-refractivity contribution in [2.24, 2.45) is 0 Å². The summed E-state index contributed by atoms with van der Waals surface area (Å²) in [6.07, 6.45) is 10.7. The van der Waals surface area contributed by atoms with E-state index in [2.05, 4.69) is 43.7 Å². The van der Waals surface area contributed by atoms with Crippen LogP contribution in [0.2, 0.25) is 0 Å². The van der Waals surface area contributed by atoms with Crippen molar-refractivity contribution in [3.8, 4) is 17.3 Å². The molecule has 0 radical (unpaired) electrons. The molecule has 7 heteroatoms. The van der Waals surface area contributed by atoms with Gasteiger partial charge < -0.3 is 15.5 Å². The molecule has 3 heterocycles. The van der Waals surface area contributed by atoms with Crippen molar-refractivity contribution in [2.75, 3.05) is 23.3 Å². The van der Waals surface area contributed by atoms with Crippen molar-refractivity contribution in [3.63, 3.8) is 0 Å². The van der Waals surface area contributed by atoms with Gasteiger partial charge in [0.1, 0.15) is 11.8 Å². The van der Waals surface area contributed by atoms with Gasteiger partial charge in [0.2, 0.25) is 5.95 Å². The Kier molecular flexibility index (Phi) is 6.97. The Morgan fingerprint density at radius 1 is 0.912 bits per heavy atom. The molecule has 1 aromatic carbocycles. The Hall–Kier alpha value is -3.50. The average molecular weight is 454 g/mol. The third kappa shape index (κ3) is 5.35. The maximum Gasteiger partial charge on any atom is 0.223 e. The molecule has 2 N–H and O–H groups in total. The number of hydrogen-bond donors (Lipinski definition) is 2. The van der Waals surface area contributed by atoms with E-state index in [0.717, 1.165) is 49.3 Å². The number of hydrogen-bond acceptors (Lipinski definition) is 7. The van der Waals surface area contributed by atoms with Crippen molar-refractivity contribution in [2.45, 2.75) is 56.7 Å². The Morgan fingerprint density at radius 2 is 1.76 bits per heavy atom. The first kappa shape index (κ1) is 22.3. The molecule has 1 saturated carbocycles. The minimum Gasteiger partial charge on any atom is -0.369 e. The first-order chi connectivity index (χ1) is 16.8. The number of aromatic nitrogens is 3. The zero-order valence-electron chi connectivity index (χ0n) is 19.4. The van der Waals surface area contributed by atoms with E-state index in [0.29, 0.717) is 29.8 Å². The van der Waals surface area contributed by atoms with Crippen LogP contribution >= 0.6 is 0 Å². The van der Waals surface area contributed by atoms with Crippen LogP contribution in [0.5, 0.6) is 0 Å². The maximum atomic E-state index is 9.02. The summed E-state index contributed by atoms with van der Waals surface area (Å²) in [6.45, 7) is 1.98.